The lowest BCUT2D eigenvalue weighted by Gasteiger charge is -2.27. The van der Waals surface area contributed by atoms with Crippen LogP contribution in [0.3, 0.4) is 0 Å². The van der Waals surface area contributed by atoms with E-state index in [1.54, 1.807) is 31.7 Å². The van der Waals surface area contributed by atoms with Gasteiger partial charge >= 0.3 is 6.09 Å². The molecule has 0 radical (unpaired) electrons. The summed E-state index contributed by atoms with van der Waals surface area (Å²) in [6.07, 6.45) is 1.28. The largest absolute Gasteiger partial charge is 0.444 e. The highest BCUT2D eigenvalue weighted by molar-refractivity contribution is 6.05. The Morgan fingerprint density at radius 3 is 2.55 bits per heavy atom. The molecule has 4 rings (SSSR count). The van der Waals surface area contributed by atoms with Crippen LogP contribution in [-0.4, -0.2) is 58.4 Å². The lowest BCUT2D eigenvalue weighted by Crippen LogP contribution is -2.41. The minimum absolute atomic E-state index is 0.0366. The van der Waals surface area contributed by atoms with E-state index >= 15 is 0 Å². The summed E-state index contributed by atoms with van der Waals surface area (Å²) < 4.78 is 27.6. The Morgan fingerprint density at radius 1 is 1.26 bits per heavy atom. The van der Waals surface area contributed by atoms with Crippen LogP contribution in [0.25, 0.3) is 11.0 Å². The molecule has 2 fully saturated rings. The van der Waals surface area contributed by atoms with Gasteiger partial charge in [0.15, 0.2) is 0 Å². The fourth-order valence-corrected chi connectivity index (χ4v) is 3.87. The number of ether oxygens (including phenoxy) is 2. The summed E-state index contributed by atoms with van der Waals surface area (Å²) in [5.74, 6) is -0.331. The maximum atomic E-state index is 15.0. The summed E-state index contributed by atoms with van der Waals surface area (Å²) in [5, 5.41) is 2.81. The average molecular weight is 432 g/mol. The molecular formula is C22H29FN4O4. The number of carbonyl (C=O) groups excluding carboxylic acids is 2. The first-order valence-electron chi connectivity index (χ1n) is 10.7. The Hall–Kier alpha value is -2.68. The Balaban J connectivity index is 1.74. The number of hydrogen-bond acceptors (Lipinski definition) is 5. The molecule has 2 amide bonds. The van der Waals surface area contributed by atoms with Crippen molar-refractivity contribution in [3.63, 3.8) is 0 Å². The molecule has 1 unspecified atom stereocenters. The topological polar surface area (TPSA) is 85.7 Å². The van der Waals surface area contributed by atoms with Crippen LogP contribution in [-0.2, 0) is 9.47 Å². The van der Waals surface area contributed by atoms with Crippen molar-refractivity contribution in [1.82, 2.24) is 19.8 Å². The predicted molar refractivity (Wildman–Crippen MR) is 112 cm³/mol. The highest BCUT2D eigenvalue weighted by atomic mass is 19.1. The fourth-order valence-electron chi connectivity index (χ4n) is 3.87. The van der Waals surface area contributed by atoms with Gasteiger partial charge in [0.25, 0.3) is 5.91 Å². The Bertz CT molecular complexity index is 1000. The molecule has 1 N–H and O–H groups in total. The van der Waals surface area contributed by atoms with Crippen LogP contribution in [0, 0.1) is 5.82 Å². The molecule has 1 aliphatic heterocycles. The highest BCUT2D eigenvalue weighted by Crippen LogP contribution is 2.41. The molecular weight excluding hydrogens is 403 g/mol. The number of hydrogen-bond donors (Lipinski definition) is 1. The van der Waals surface area contributed by atoms with Crippen molar-refractivity contribution in [2.24, 2.45) is 0 Å². The van der Waals surface area contributed by atoms with E-state index in [0.29, 0.717) is 43.2 Å². The molecule has 2 aromatic rings. The standard InChI is InChI=1S/C22H29FN4O4/c1-13(24-21(29)31-22(2,3)4)19-25-16-8-7-15(23)17(18(16)27(19)14-5-6-14)20(28)26-9-11-30-12-10-26/h7-8,13-14H,5-6,9-12H2,1-4H3,(H,24,29). The Labute approximate surface area is 180 Å². The molecule has 1 saturated heterocycles. The molecule has 31 heavy (non-hydrogen) atoms. The first-order chi connectivity index (χ1) is 14.7. The quantitative estimate of drug-likeness (QED) is 0.798. The zero-order valence-corrected chi connectivity index (χ0v) is 18.4. The van der Waals surface area contributed by atoms with Gasteiger partial charge in [-0.25, -0.2) is 14.2 Å². The molecule has 1 aliphatic carbocycles. The van der Waals surface area contributed by atoms with Crippen LogP contribution in [0.4, 0.5) is 9.18 Å². The van der Waals surface area contributed by atoms with Gasteiger partial charge in [-0.2, -0.15) is 0 Å². The number of carbonyl (C=O) groups is 2. The van der Waals surface area contributed by atoms with Gasteiger partial charge < -0.3 is 24.3 Å². The second kappa shape index (κ2) is 8.11. The minimum Gasteiger partial charge on any atom is -0.444 e. The lowest BCUT2D eigenvalue weighted by atomic mass is 10.1. The first kappa shape index (κ1) is 21.5. The van der Waals surface area contributed by atoms with E-state index in [2.05, 4.69) is 10.3 Å². The van der Waals surface area contributed by atoms with Gasteiger partial charge in [-0.15, -0.1) is 0 Å². The summed E-state index contributed by atoms with van der Waals surface area (Å²) in [7, 11) is 0. The number of aromatic nitrogens is 2. The summed E-state index contributed by atoms with van der Waals surface area (Å²) in [6, 6.07) is 2.53. The molecule has 1 atom stereocenters. The lowest BCUT2D eigenvalue weighted by molar-refractivity contribution is 0.0301. The van der Waals surface area contributed by atoms with Crippen molar-refractivity contribution in [1.29, 1.82) is 0 Å². The molecule has 1 saturated carbocycles. The number of nitrogens with one attached hydrogen (secondary N) is 1. The van der Waals surface area contributed by atoms with Gasteiger partial charge in [0, 0.05) is 19.1 Å². The number of halogens is 1. The van der Waals surface area contributed by atoms with Crippen LogP contribution in [0.1, 0.15) is 68.8 Å². The van der Waals surface area contributed by atoms with E-state index in [0.717, 1.165) is 12.8 Å². The maximum absolute atomic E-state index is 15.0. The molecule has 1 aromatic heterocycles. The van der Waals surface area contributed by atoms with Gasteiger partial charge in [-0.05, 0) is 52.7 Å². The smallest absolute Gasteiger partial charge is 0.408 e. The fraction of sp³-hybridized carbons (Fsp3) is 0.591. The molecule has 168 valence electrons. The minimum atomic E-state index is -0.624. The zero-order chi connectivity index (χ0) is 22.3. The third kappa shape index (κ3) is 4.51. The van der Waals surface area contributed by atoms with E-state index < -0.39 is 23.6 Å². The van der Waals surface area contributed by atoms with Crippen LogP contribution in [0.2, 0.25) is 0 Å². The number of fused-ring (bicyclic) bond motifs is 1. The zero-order valence-electron chi connectivity index (χ0n) is 18.4. The number of rotatable bonds is 4. The highest BCUT2D eigenvalue weighted by Gasteiger charge is 2.34. The van der Waals surface area contributed by atoms with Gasteiger partial charge in [-0.1, -0.05) is 0 Å². The summed E-state index contributed by atoms with van der Waals surface area (Å²) in [4.78, 5) is 31.8. The predicted octanol–water partition coefficient (Wildman–Crippen LogP) is 3.57. The van der Waals surface area contributed by atoms with E-state index in [1.807, 2.05) is 11.5 Å². The Morgan fingerprint density at radius 2 is 1.94 bits per heavy atom. The van der Waals surface area contributed by atoms with Crippen molar-refractivity contribution in [3.05, 3.63) is 29.3 Å². The van der Waals surface area contributed by atoms with Gasteiger partial charge in [0.2, 0.25) is 0 Å². The maximum Gasteiger partial charge on any atom is 0.408 e. The second-order valence-electron chi connectivity index (χ2n) is 9.13. The number of alkyl carbamates (subject to hydrolysis) is 1. The van der Waals surface area contributed by atoms with E-state index in [9.17, 15) is 14.0 Å². The van der Waals surface area contributed by atoms with Crippen LogP contribution >= 0.6 is 0 Å². The summed E-state index contributed by atoms with van der Waals surface area (Å²) >= 11 is 0. The van der Waals surface area contributed by atoms with Crippen molar-refractivity contribution in [2.45, 2.75) is 58.2 Å². The van der Waals surface area contributed by atoms with E-state index in [1.165, 1.54) is 6.07 Å². The molecule has 0 bridgehead atoms. The van der Waals surface area contributed by atoms with Crippen molar-refractivity contribution in [2.75, 3.05) is 26.3 Å². The number of benzene rings is 1. The normalized spacial score (nSPS) is 18.2. The monoisotopic (exact) mass is 432 g/mol. The third-order valence-corrected chi connectivity index (χ3v) is 5.37. The second-order valence-corrected chi connectivity index (χ2v) is 9.13. The van der Waals surface area contributed by atoms with E-state index in [-0.39, 0.29) is 17.5 Å². The van der Waals surface area contributed by atoms with Crippen LogP contribution in [0.5, 0.6) is 0 Å². The number of amides is 2. The molecule has 0 spiro atoms. The average Bonchev–Trinajstić information content (AvgIpc) is 3.46. The summed E-state index contributed by atoms with van der Waals surface area (Å²) in [5.41, 5.74) is 0.445. The molecule has 1 aromatic carbocycles. The van der Waals surface area contributed by atoms with Gasteiger partial charge in [-0.3, -0.25) is 4.79 Å². The molecule has 9 heteroatoms. The third-order valence-electron chi connectivity index (χ3n) is 5.37. The van der Waals surface area contributed by atoms with Gasteiger partial charge in [0.05, 0.1) is 30.3 Å². The van der Waals surface area contributed by atoms with E-state index in [4.69, 9.17) is 9.47 Å². The van der Waals surface area contributed by atoms with Crippen molar-refractivity contribution >= 4 is 23.0 Å². The molecule has 8 nitrogen and oxygen atoms in total. The first-order valence-corrected chi connectivity index (χ1v) is 10.7. The SMILES string of the molecule is CC(NC(=O)OC(C)(C)C)c1nc2ccc(F)c(C(=O)N3CCOCC3)c2n1C1CC1. The van der Waals surface area contributed by atoms with Crippen LogP contribution in [0.15, 0.2) is 12.1 Å². The van der Waals surface area contributed by atoms with Crippen LogP contribution < -0.4 is 5.32 Å². The van der Waals surface area contributed by atoms with Gasteiger partial charge in [0.1, 0.15) is 22.8 Å². The van der Waals surface area contributed by atoms with Crippen molar-refractivity contribution < 1.29 is 23.5 Å². The molecule has 2 aliphatic rings. The summed E-state index contributed by atoms with van der Waals surface area (Å²) in [6.45, 7) is 8.92. The number of morpholine rings is 1. The van der Waals surface area contributed by atoms with Crippen molar-refractivity contribution in [3.8, 4) is 0 Å². The molecule has 2 heterocycles. The number of imidazole rings is 1. The Kier molecular flexibility index (Phi) is 5.63. The number of nitrogens with zero attached hydrogens (tertiary/aromatic N) is 3.